The van der Waals surface area contributed by atoms with Gasteiger partial charge in [0.05, 0.1) is 5.52 Å². The fourth-order valence-electron chi connectivity index (χ4n) is 1.67. The average Bonchev–Trinajstić information content (AvgIpc) is 2.57. The van der Waals surface area contributed by atoms with Crippen molar-refractivity contribution in [2.24, 2.45) is 0 Å². The molecule has 0 aliphatic rings. The van der Waals surface area contributed by atoms with Crippen LogP contribution in [0.4, 0.5) is 0 Å². The van der Waals surface area contributed by atoms with Crippen LogP contribution < -0.4 is 5.32 Å². The van der Waals surface area contributed by atoms with Crippen LogP contribution in [0, 0.1) is 6.92 Å². The van der Waals surface area contributed by atoms with Gasteiger partial charge in [0.1, 0.15) is 0 Å². The number of benzene rings is 1. The highest BCUT2D eigenvalue weighted by molar-refractivity contribution is 6.35. The van der Waals surface area contributed by atoms with Gasteiger partial charge in [-0.05, 0) is 31.7 Å². The number of aromatic nitrogens is 1. The van der Waals surface area contributed by atoms with Gasteiger partial charge in [-0.15, -0.1) is 0 Å². The SMILES string of the molecule is CNCc1cc2c(Cl)ccc(C)c2[nH]1. The van der Waals surface area contributed by atoms with Gasteiger partial charge in [-0.2, -0.15) is 0 Å². The minimum absolute atomic E-state index is 0.809. The molecule has 2 rings (SSSR count). The Bertz CT molecular complexity index is 421. The van der Waals surface area contributed by atoms with E-state index in [9.17, 15) is 0 Å². The monoisotopic (exact) mass is 208 g/mol. The first-order valence-electron chi connectivity index (χ1n) is 4.63. The van der Waals surface area contributed by atoms with Crippen LogP contribution in [-0.4, -0.2) is 12.0 Å². The van der Waals surface area contributed by atoms with Gasteiger partial charge in [-0.1, -0.05) is 17.7 Å². The minimum atomic E-state index is 0.809. The third-order valence-corrected chi connectivity index (χ3v) is 2.70. The van der Waals surface area contributed by atoms with Crippen molar-refractivity contribution in [2.75, 3.05) is 7.05 Å². The number of fused-ring (bicyclic) bond motifs is 1. The van der Waals surface area contributed by atoms with Crippen molar-refractivity contribution in [1.29, 1.82) is 0 Å². The predicted octanol–water partition coefficient (Wildman–Crippen LogP) is 2.85. The second-order valence-electron chi connectivity index (χ2n) is 3.48. The summed E-state index contributed by atoms with van der Waals surface area (Å²) in [6, 6.07) is 6.07. The molecule has 1 aromatic heterocycles. The molecule has 3 heteroatoms. The normalized spacial score (nSPS) is 11.1. The molecule has 0 spiro atoms. The van der Waals surface area contributed by atoms with Crippen molar-refractivity contribution in [1.82, 2.24) is 10.3 Å². The van der Waals surface area contributed by atoms with Crippen LogP contribution in [0.1, 0.15) is 11.3 Å². The molecule has 2 aromatic rings. The van der Waals surface area contributed by atoms with E-state index in [0.29, 0.717) is 0 Å². The smallest absolute Gasteiger partial charge is 0.0501 e. The molecule has 14 heavy (non-hydrogen) atoms. The Kier molecular flexibility index (Phi) is 2.48. The van der Waals surface area contributed by atoms with Gasteiger partial charge in [0.25, 0.3) is 0 Å². The zero-order valence-electron chi connectivity index (χ0n) is 8.32. The molecule has 0 atom stereocenters. The molecular formula is C11H13ClN2. The standard InChI is InChI=1S/C11H13ClN2/c1-7-3-4-10(12)9-5-8(6-13-2)14-11(7)9/h3-5,13-14H,6H2,1-2H3. The fourth-order valence-corrected chi connectivity index (χ4v) is 1.88. The highest BCUT2D eigenvalue weighted by Crippen LogP contribution is 2.26. The quantitative estimate of drug-likeness (QED) is 0.781. The molecule has 2 N–H and O–H groups in total. The average molecular weight is 209 g/mol. The van der Waals surface area contributed by atoms with Gasteiger partial charge in [0.2, 0.25) is 0 Å². The molecule has 0 fully saturated rings. The van der Waals surface area contributed by atoms with Crippen LogP contribution >= 0.6 is 11.6 Å². The lowest BCUT2D eigenvalue weighted by Gasteiger charge is -1.97. The number of aryl methyl sites for hydroxylation is 1. The van der Waals surface area contributed by atoms with Gasteiger partial charge in [0.15, 0.2) is 0 Å². The van der Waals surface area contributed by atoms with E-state index in [-0.39, 0.29) is 0 Å². The highest BCUT2D eigenvalue weighted by atomic mass is 35.5. The predicted molar refractivity (Wildman–Crippen MR) is 60.8 cm³/mol. The summed E-state index contributed by atoms with van der Waals surface area (Å²) in [5.74, 6) is 0. The summed E-state index contributed by atoms with van der Waals surface area (Å²) >= 11 is 6.10. The first-order valence-corrected chi connectivity index (χ1v) is 5.01. The van der Waals surface area contributed by atoms with Gasteiger partial charge in [-0.3, -0.25) is 0 Å². The first-order chi connectivity index (χ1) is 6.72. The Balaban J connectivity index is 2.63. The highest BCUT2D eigenvalue weighted by Gasteiger charge is 2.05. The zero-order chi connectivity index (χ0) is 10.1. The second-order valence-corrected chi connectivity index (χ2v) is 3.89. The van der Waals surface area contributed by atoms with Crippen LogP contribution in [0.25, 0.3) is 10.9 Å². The lowest BCUT2D eigenvalue weighted by atomic mass is 10.2. The number of halogens is 1. The van der Waals surface area contributed by atoms with E-state index in [4.69, 9.17) is 11.6 Å². The summed E-state index contributed by atoms with van der Waals surface area (Å²) in [5.41, 5.74) is 3.54. The van der Waals surface area contributed by atoms with Gasteiger partial charge < -0.3 is 10.3 Å². The maximum absolute atomic E-state index is 6.10. The van der Waals surface area contributed by atoms with Crippen molar-refractivity contribution < 1.29 is 0 Å². The van der Waals surface area contributed by atoms with E-state index in [2.05, 4.69) is 23.3 Å². The van der Waals surface area contributed by atoms with Gasteiger partial charge >= 0.3 is 0 Å². The molecule has 0 amide bonds. The molecule has 0 radical (unpaired) electrons. The van der Waals surface area contributed by atoms with Crippen LogP contribution in [-0.2, 0) is 6.54 Å². The van der Waals surface area contributed by atoms with Crippen LogP contribution in [0.3, 0.4) is 0 Å². The molecule has 0 bridgehead atoms. The summed E-state index contributed by atoms with van der Waals surface area (Å²) in [5, 5.41) is 5.03. The maximum atomic E-state index is 6.10. The minimum Gasteiger partial charge on any atom is -0.357 e. The van der Waals surface area contributed by atoms with E-state index in [1.807, 2.05) is 19.2 Å². The van der Waals surface area contributed by atoms with Crippen molar-refractivity contribution in [3.05, 3.63) is 34.5 Å². The van der Waals surface area contributed by atoms with Crippen LogP contribution in [0.15, 0.2) is 18.2 Å². The summed E-state index contributed by atoms with van der Waals surface area (Å²) in [6.07, 6.45) is 0. The molecule has 0 aliphatic carbocycles. The van der Waals surface area contributed by atoms with E-state index < -0.39 is 0 Å². The van der Waals surface area contributed by atoms with Gasteiger partial charge in [0, 0.05) is 22.6 Å². The number of nitrogens with one attached hydrogen (secondary N) is 2. The topological polar surface area (TPSA) is 27.8 Å². The summed E-state index contributed by atoms with van der Waals surface area (Å²) < 4.78 is 0. The molecule has 0 saturated carbocycles. The third kappa shape index (κ3) is 1.51. The molecule has 1 aromatic carbocycles. The summed E-state index contributed by atoms with van der Waals surface area (Å²) in [6.45, 7) is 2.92. The lowest BCUT2D eigenvalue weighted by molar-refractivity contribution is 0.799. The number of rotatable bonds is 2. The summed E-state index contributed by atoms with van der Waals surface area (Å²) in [7, 11) is 1.93. The Hall–Kier alpha value is -0.990. The van der Waals surface area contributed by atoms with Crippen molar-refractivity contribution in [2.45, 2.75) is 13.5 Å². The fraction of sp³-hybridized carbons (Fsp3) is 0.273. The van der Waals surface area contributed by atoms with Gasteiger partial charge in [-0.25, -0.2) is 0 Å². The number of hydrogen-bond donors (Lipinski definition) is 2. The zero-order valence-corrected chi connectivity index (χ0v) is 9.07. The van der Waals surface area contributed by atoms with Crippen LogP contribution in [0.2, 0.25) is 5.02 Å². The second kappa shape index (κ2) is 3.64. The molecule has 74 valence electrons. The van der Waals surface area contributed by atoms with Crippen LogP contribution in [0.5, 0.6) is 0 Å². The van der Waals surface area contributed by atoms with E-state index in [1.165, 1.54) is 11.3 Å². The Morgan fingerprint density at radius 2 is 2.21 bits per heavy atom. The number of aromatic amines is 1. The van der Waals surface area contributed by atoms with Crippen molar-refractivity contribution in [3.63, 3.8) is 0 Å². The van der Waals surface area contributed by atoms with E-state index in [0.717, 1.165) is 22.5 Å². The number of H-pyrrole nitrogens is 1. The van der Waals surface area contributed by atoms with Crippen molar-refractivity contribution >= 4 is 22.5 Å². The maximum Gasteiger partial charge on any atom is 0.0501 e. The molecular weight excluding hydrogens is 196 g/mol. The molecule has 2 nitrogen and oxygen atoms in total. The Labute approximate surface area is 88.3 Å². The van der Waals surface area contributed by atoms with E-state index >= 15 is 0 Å². The molecule has 1 heterocycles. The van der Waals surface area contributed by atoms with E-state index in [1.54, 1.807) is 0 Å². The number of hydrogen-bond acceptors (Lipinski definition) is 1. The Morgan fingerprint density at radius 3 is 2.86 bits per heavy atom. The first kappa shape index (κ1) is 9.56. The van der Waals surface area contributed by atoms with Crippen molar-refractivity contribution in [3.8, 4) is 0 Å². The Morgan fingerprint density at radius 1 is 1.43 bits per heavy atom. The summed E-state index contributed by atoms with van der Waals surface area (Å²) in [4.78, 5) is 3.36. The molecule has 0 saturated heterocycles. The lowest BCUT2D eigenvalue weighted by Crippen LogP contribution is -2.04. The third-order valence-electron chi connectivity index (χ3n) is 2.37. The largest absolute Gasteiger partial charge is 0.357 e. The molecule has 0 unspecified atom stereocenters. The molecule has 0 aliphatic heterocycles.